The number of unbranched alkanes of at least 4 members (excludes halogenated alkanes) is 27. The van der Waals surface area contributed by atoms with E-state index in [-0.39, 0.29) is 18.5 Å². The molecule has 0 bridgehead atoms. The fourth-order valence-corrected chi connectivity index (χ4v) is 6.75. The lowest BCUT2D eigenvalue weighted by Crippen LogP contribution is -2.45. The molecule has 0 spiro atoms. The van der Waals surface area contributed by atoms with Gasteiger partial charge in [-0.1, -0.05) is 179 Å². The average molecular weight is 760 g/mol. The molecule has 0 heterocycles. The Morgan fingerprint density at radius 2 is 0.889 bits per heavy atom. The van der Waals surface area contributed by atoms with Crippen LogP contribution in [-0.2, 0) is 14.3 Å². The van der Waals surface area contributed by atoms with Crippen molar-refractivity contribution >= 4 is 11.9 Å². The number of rotatable bonds is 42. The summed E-state index contributed by atoms with van der Waals surface area (Å²) in [6.07, 6.45) is 51.5. The van der Waals surface area contributed by atoms with Crippen LogP contribution in [0.25, 0.3) is 0 Å². The second kappa shape index (κ2) is 43.8. The molecule has 0 saturated carbocycles. The lowest BCUT2D eigenvalue weighted by atomic mass is 10.1. The van der Waals surface area contributed by atoms with Crippen LogP contribution in [-0.4, -0.2) is 47.4 Å². The van der Waals surface area contributed by atoms with E-state index in [0.717, 1.165) is 70.6 Å². The van der Waals surface area contributed by atoms with Crippen LogP contribution >= 0.6 is 0 Å². The molecule has 54 heavy (non-hydrogen) atoms. The Kier molecular flexibility index (Phi) is 42.2. The van der Waals surface area contributed by atoms with Gasteiger partial charge < -0.3 is 20.3 Å². The van der Waals surface area contributed by atoms with Gasteiger partial charge in [0.2, 0.25) is 5.91 Å². The van der Waals surface area contributed by atoms with Crippen LogP contribution in [0.5, 0.6) is 0 Å². The van der Waals surface area contributed by atoms with E-state index in [1.54, 1.807) is 6.08 Å². The van der Waals surface area contributed by atoms with Crippen molar-refractivity contribution in [3.8, 4) is 0 Å². The summed E-state index contributed by atoms with van der Waals surface area (Å²) in [5.41, 5.74) is 0. The van der Waals surface area contributed by atoms with Crippen LogP contribution < -0.4 is 5.32 Å². The van der Waals surface area contributed by atoms with Gasteiger partial charge in [0.1, 0.15) is 0 Å². The highest BCUT2D eigenvalue weighted by atomic mass is 16.5. The summed E-state index contributed by atoms with van der Waals surface area (Å²) >= 11 is 0. The third-order valence-corrected chi connectivity index (χ3v) is 10.4. The number of esters is 1. The van der Waals surface area contributed by atoms with Crippen molar-refractivity contribution in [2.45, 2.75) is 244 Å². The van der Waals surface area contributed by atoms with Crippen LogP contribution in [0.1, 0.15) is 232 Å². The quantitative estimate of drug-likeness (QED) is 0.0327. The molecule has 0 aliphatic heterocycles. The van der Waals surface area contributed by atoms with Gasteiger partial charge in [0.15, 0.2) is 0 Å². The Labute approximate surface area is 334 Å². The van der Waals surface area contributed by atoms with Gasteiger partial charge in [-0.3, -0.25) is 9.59 Å². The van der Waals surface area contributed by atoms with Crippen molar-refractivity contribution in [2.24, 2.45) is 0 Å². The van der Waals surface area contributed by atoms with Crippen molar-refractivity contribution in [2.75, 3.05) is 13.2 Å². The first-order valence-corrected chi connectivity index (χ1v) is 23.3. The number of aliphatic hydroxyl groups is 2. The molecule has 2 atom stereocenters. The number of nitrogens with one attached hydrogen (secondary N) is 1. The zero-order valence-electron chi connectivity index (χ0n) is 35.7. The Hall–Kier alpha value is -1.92. The minimum absolute atomic E-state index is 0.0402. The zero-order valence-corrected chi connectivity index (χ0v) is 35.7. The fraction of sp³-hybridized carbons (Fsp3) is 0.833. The molecule has 0 aliphatic carbocycles. The smallest absolute Gasteiger partial charge is 0.305 e. The molecule has 0 saturated heterocycles. The number of amides is 1. The lowest BCUT2D eigenvalue weighted by molar-refractivity contribution is -0.143. The third-order valence-electron chi connectivity index (χ3n) is 10.4. The number of hydrogen-bond acceptors (Lipinski definition) is 5. The highest BCUT2D eigenvalue weighted by molar-refractivity contribution is 5.76. The van der Waals surface area contributed by atoms with E-state index < -0.39 is 12.1 Å². The van der Waals surface area contributed by atoms with Gasteiger partial charge in [-0.15, -0.1) is 0 Å². The molecule has 3 N–H and O–H groups in total. The number of aliphatic hydroxyl groups excluding tert-OH is 2. The van der Waals surface area contributed by atoms with Crippen molar-refractivity contribution < 1.29 is 24.5 Å². The average Bonchev–Trinajstić information content (AvgIpc) is 3.17. The van der Waals surface area contributed by atoms with E-state index in [9.17, 15) is 19.8 Å². The largest absolute Gasteiger partial charge is 0.466 e. The summed E-state index contributed by atoms with van der Waals surface area (Å²) in [6, 6.07) is -0.663. The Balaban J connectivity index is 3.53. The minimum atomic E-state index is -0.873. The Bertz CT molecular complexity index is 884. The summed E-state index contributed by atoms with van der Waals surface area (Å²) in [4.78, 5) is 24.3. The Morgan fingerprint density at radius 3 is 1.35 bits per heavy atom. The summed E-state index contributed by atoms with van der Waals surface area (Å²) in [7, 11) is 0. The molecule has 1 amide bonds. The van der Waals surface area contributed by atoms with Gasteiger partial charge in [0.05, 0.1) is 25.4 Å². The standard InChI is InChI=1S/C48H89NO5/c1-3-5-7-9-11-13-14-15-16-17-18-19-20-21-22-26-30-34-38-42-48(53)54-43-39-35-31-27-23-25-29-33-37-41-47(52)49-45(44-50)46(51)40-36-32-28-24-12-10-8-6-4-2/h15-16,25,29,36,40,45-46,50-51H,3-14,17-24,26-28,30-35,37-39,41-44H2,1-2H3,(H,49,52)/b16-15-,29-25-,40-36+. The maximum absolute atomic E-state index is 12.3. The summed E-state index contributed by atoms with van der Waals surface area (Å²) < 4.78 is 5.44. The summed E-state index contributed by atoms with van der Waals surface area (Å²) in [6.45, 7) is 4.76. The van der Waals surface area contributed by atoms with E-state index in [4.69, 9.17) is 4.74 Å². The highest BCUT2D eigenvalue weighted by Crippen LogP contribution is 2.14. The van der Waals surface area contributed by atoms with Gasteiger partial charge in [-0.25, -0.2) is 0 Å². The van der Waals surface area contributed by atoms with Crippen molar-refractivity contribution in [3.05, 3.63) is 36.5 Å². The molecule has 0 rings (SSSR count). The number of carbonyl (C=O) groups excluding carboxylic acids is 2. The topological polar surface area (TPSA) is 95.9 Å². The molecule has 0 fully saturated rings. The molecular formula is C48H89NO5. The summed E-state index contributed by atoms with van der Waals surface area (Å²) in [5.74, 6) is -0.173. The molecule has 0 radical (unpaired) electrons. The molecule has 6 nitrogen and oxygen atoms in total. The van der Waals surface area contributed by atoms with Gasteiger partial charge in [-0.05, 0) is 77.0 Å². The van der Waals surface area contributed by atoms with Gasteiger partial charge >= 0.3 is 5.97 Å². The fourth-order valence-electron chi connectivity index (χ4n) is 6.75. The normalized spacial score (nSPS) is 13.0. The van der Waals surface area contributed by atoms with E-state index >= 15 is 0 Å². The number of allylic oxidation sites excluding steroid dienone is 5. The predicted octanol–water partition coefficient (Wildman–Crippen LogP) is 13.3. The lowest BCUT2D eigenvalue weighted by Gasteiger charge is -2.19. The first-order valence-electron chi connectivity index (χ1n) is 23.3. The Morgan fingerprint density at radius 1 is 0.500 bits per heavy atom. The van der Waals surface area contributed by atoms with Crippen molar-refractivity contribution in [1.82, 2.24) is 5.32 Å². The SMILES string of the molecule is CCCCCCCC/C=C\CCCCCCCCCCCC(=O)OCCCCCC/C=C\CCCC(=O)NC(CO)C(O)/C=C/CCCCCCCCC. The number of hydrogen-bond donors (Lipinski definition) is 3. The van der Waals surface area contributed by atoms with Crippen LogP contribution in [0.3, 0.4) is 0 Å². The number of ether oxygens (including phenoxy) is 1. The second-order valence-corrected chi connectivity index (χ2v) is 15.7. The third kappa shape index (κ3) is 39.8. The molecule has 0 aromatic carbocycles. The molecule has 0 aromatic rings. The second-order valence-electron chi connectivity index (χ2n) is 15.7. The van der Waals surface area contributed by atoms with Crippen LogP contribution in [0.15, 0.2) is 36.5 Å². The van der Waals surface area contributed by atoms with Crippen LogP contribution in [0.4, 0.5) is 0 Å². The first-order chi connectivity index (χ1) is 26.5. The summed E-state index contributed by atoms with van der Waals surface area (Å²) in [5, 5.41) is 22.8. The minimum Gasteiger partial charge on any atom is -0.466 e. The van der Waals surface area contributed by atoms with Gasteiger partial charge in [0.25, 0.3) is 0 Å². The molecule has 6 heteroatoms. The van der Waals surface area contributed by atoms with Gasteiger partial charge in [0, 0.05) is 12.8 Å². The zero-order chi connectivity index (χ0) is 39.4. The monoisotopic (exact) mass is 760 g/mol. The molecule has 316 valence electrons. The number of carbonyl (C=O) groups is 2. The maximum atomic E-state index is 12.3. The van der Waals surface area contributed by atoms with Crippen LogP contribution in [0, 0.1) is 0 Å². The molecule has 0 aromatic heterocycles. The molecule has 2 unspecified atom stereocenters. The highest BCUT2D eigenvalue weighted by Gasteiger charge is 2.17. The van der Waals surface area contributed by atoms with Crippen molar-refractivity contribution in [1.29, 1.82) is 0 Å². The predicted molar refractivity (Wildman–Crippen MR) is 232 cm³/mol. The first kappa shape index (κ1) is 52.1. The van der Waals surface area contributed by atoms with Gasteiger partial charge in [-0.2, -0.15) is 0 Å². The van der Waals surface area contributed by atoms with E-state index in [2.05, 4.69) is 43.5 Å². The van der Waals surface area contributed by atoms with Crippen LogP contribution in [0.2, 0.25) is 0 Å². The van der Waals surface area contributed by atoms with E-state index in [1.165, 1.54) is 135 Å². The van der Waals surface area contributed by atoms with E-state index in [0.29, 0.717) is 19.4 Å². The molecule has 0 aliphatic rings. The molecular weight excluding hydrogens is 671 g/mol. The maximum Gasteiger partial charge on any atom is 0.305 e. The van der Waals surface area contributed by atoms with Crippen molar-refractivity contribution in [3.63, 3.8) is 0 Å². The van der Waals surface area contributed by atoms with E-state index in [1.807, 2.05) is 6.08 Å².